The van der Waals surface area contributed by atoms with Crippen LogP contribution in [-0.4, -0.2) is 37.6 Å². The quantitative estimate of drug-likeness (QED) is 0.733. The molecule has 0 aromatic heterocycles. The fourth-order valence-corrected chi connectivity index (χ4v) is 2.01. The number of halogens is 1. The standard InChI is InChI=1S/C12H17FN2/c1-2-14-7-9-15(10-8-14)12-6-4-3-5-11(12)13/h3-6H,2,7-10H2,1H3. The summed E-state index contributed by atoms with van der Waals surface area (Å²) in [5.41, 5.74) is 0.744. The zero-order valence-electron chi connectivity index (χ0n) is 9.12. The molecule has 1 aromatic rings. The number of nitrogens with zero attached hydrogens (tertiary/aromatic N) is 2. The summed E-state index contributed by atoms with van der Waals surface area (Å²) < 4.78 is 13.5. The van der Waals surface area contributed by atoms with Crippen molar-refractivity contribution < 1.29 is 4.39 Å². The van der Waals surface area contributed by atoms with Gasteiger partial charge < -0.3 is 9.80 Å². The average Bonchev–Trinajstić information content (AvgIpc) is 2.30. The first-order chi connectivity index (χ1) is 7.31. The molecule has 1 aromatic carbocycles. The Morgan fingerprint density at radius 2 is 1.80 bits per heavy atom. The van der Waals surface area contributed by atoms with Crippen molar-refractivity contribution in [3.8, 4) is 0 Å². The maximum atomic E-state index is 13.5. The summed E-state index contributed by atoms with van der Waals surface area (Å²) in [5.74, 6) is -0.109. The van der Waals surface area contributed by atoms with Crippen LogP contribution in [0, 0.1) is 5.82 Å². The summed E-state index contributed by atoms with van der Waals surface area (Å²) in [6, 6.07) is 7.02. The molecule has 3 heteroatoms. The molecule has 0 unspecified atom stereocenters. The highest BCUT2D eigenvalue weighted by molar-refractivity contribution is 5.47. The van der Waals surface area contributed by atoms with Gasteiger partial charge in [0.1, 0.15) is 5.82 Å². The third-order valence-electron chi connectivity index (χ3n) is 3.01. The molecule has 0 radical (unpaired) electrons. The van der Waals surface area contributed by atoms with E-state index in [1.807, 2.05) is 12.1 Å². The van der Waals surface area contributed by atoms with E-state index in [0.717, 1.165) is 38.4 Å². The number of hydrogen-bond acceptors (Lipinski definition) is 2. The van der Waals surface area contributed by atoms with E-state index in [1.165, 1.54) is 6.07 Å². The van der Waals surface area contributed by atoms with E-state index in [0.29, 0.717) is 0 Å². The topological polar surface area (TPSA) is 6.48 Å². The van der Waals surface area contributed by atoms with Crippen LogP contribution in [0.15, 0.2) is 24.3 Å². The minimum Gasteiger partial charge on any atom is -0.367 e. The predicted molar refractivity (Wildman–Crippen MR) is 60.7 cm³/mol. The molecule has 1 saturated heterocycles. The molecule has 0 amide bonds. The minimum absolute atomic E-state index is 0.109. The van der Waals surface area contributed by atoms with Gasteiger partial charge in [-0.3, -0.25) is 0 Å². The first-order valence-electron chi connectivity index (χ1n) is 5.53. The summed E-state index contributed by atoms with van der Waals surface area (Å²) >= 11 is 0. The smallest absolute Gasteiger partial charge is 0.146 e. The van der Waals surface area contributed by atoms with Gasteiger partial charge in [-0.25, -0.2) is 4.39 Å². The van der Waals surface area contributed by atoms with Crippen LogP contribution in [0.2, 0.25) is 0 Å². The lowest BCUT2D eigenvalue weighted by molar-refractivity contribution is 0.270. The van der Waals surface area contributed by atoms with Gasteiger partial charge in [0.2, 0.25) is 0 Å². The Morgan fingerprint density at radius 3 is 2.40 bits per heavy atom. The number of likely N-dealkylation sites (N-methyl/N-ethyl adjacent to an activating group) is 1. The maximum Gasteiger partial charge on any atom is 0.146 e. The molecule has 0 bridgehead atoms. The van der Waals surface area contributed by atoms with E-state index in [9.17, 15) is 4.39 Å². The van der Waals surface area contributed by atoms with Crippen molar-refractivity contribution >= 4 is 5.69 Å². The summed E-state index contributed by atoms with van der Waals surface area (Å²) in [5, 5.41) is 0. The second-order valence-corrected chi connectivity index (χ2v) is 3.87. The van der Waals surface area contributed by atoms with Crippen LogP contribution in [0.3, 0.4) is 0 Å². The Balaban J connectivity index is 2.04. The number of benzene rings is 1. The minimum atomic E-state index is -0.109. The van der Waals surface area contributed by atoms with E-state index in [4.69, 9.17) is 0 Å². The van der Waals surface area contributed by atoms with Crippen molar-refractivity contribution in [1.82, 2.24) is 4.90 Å². The predicted octanol–water partition coefficient (Wildman–Crippen LogP) is 1.97. The highest BCUT2D eigenvalue weighted by Gasteiger charge is 2.17. The number of rotatable bonds is 2. The molecule has 1 heterocycles. The molecule has 15 heavy (non-hydrogen) atoms. The van der Waals surface area contributed by atoms with Crippen LogP contribution in [-0.2, 0) is 0 Å². The van der Waals surface area contributed by atoms with Gasteiger partial charge in [0.15, 0.2) is 0 Å². The van der Waals surface area contributed by atoms with Gasteiger partial charge in [-0.05, 0) is 18.7 Å². The van der Waals surface area contributed by atoms with E-state index in [-0.39, 0.29) is 5.82 Å². The van der Waals surface area contributed by atoms with Crippen LogP contribution < -0.4 is 4.90 Å². The summed E-state index contributed by atoms with van der Waals surface area (Å²) in [7, 11) is 0. The molecule has 0 saturated carbocycles. The van der Waals surface area contributed by atoms with Crippen molar-refractivity contribution in [2.75, 3.05) is 37.6 Å². The Hall–Kier alpha value is -1.09. The number of para-hydroxylation sites is 1. The van der Waals surface area contributed by atoms with Crippen LogP contribution in [0.25, 0.3) is 0 Å². The third-order valence-corrected chi connectivity index (χ3v) is 3.01. The van der Waals surface area contributed by atoms with E-state index < -0.39 is 0 Å². The molecular weight excluding hydrogens is 191 g/mol. The molecule has 1 aliphatic rings. The Bertz CT molecular complexity index is 319. The number of anilines is 1. The Morgan fingerprint density at radius 1 is 1.13 bits per heavy atom. The lowest BCUT2D eigenvalue weighted by atomic mass is 10.2. The number of hydrogen-bond donors (Lipinski definition) is 0. The molecule has 2 nitrogen and oxygen atoms in total. The lowest BCUT2D eigenvalue weighted by Gasteiger charge is -2.35. The Labute approximate surface area is 90.3 Å². The monoisotopic (exact) mass is 208 g/mol. The molecule has 0 atom stereocenters. The fraction of sp³-hybridized carbons (Fsp3) is 0.500. The fourth-order valence-electron chi connectivity index (χ4n) is 2.01. The lowest BCUT2D eigenvalue weighted by Crippen LogP contribution is -2.46. The van der Waals surface area contributed by atoms with E-state index >= 15 is 0 Å². The second-order valence-electron chi connectivity index (χ2n) is 3.87. The molecule has 1 aliphatic heterocycles. The zero-order valence-corrected chi connectivity index (χ0v) is 9.12. The van der Waals surface area contributed by atoms with Gasteiger partial charge in [0.05, 0.1) is 5.69 Å². The van der Waals surface area contributed by atoms with Gasteiger partial charge in [-0.1, -0.05) is 19.1 Å². The first-order valence-corrected chi connectivity index (χ1v) is 5.53. The van der Waals surface area contributed by atoms with Crippen LogP contribution >= 0.6 is 0 Å². The largest absolute Gasteiger partial charge is 0.367 e. The molecule has 0 N–H and O–H groups in total. The van der Waals surface area contributed by atoms with E-state index in [1.54, 1.807) is 6.07 Å². The molecule has 0 aliphatic carbocycles. The van der Waals surface area contributed by atoms with Crippen LogP contribution in [0.1, 0.15) is 6.92 Å². The van der Waals surface area contributed by atoms with E-state index in [2.05, 4.69) is 16.7 Å². The summed E-state index contributed by atoms with van der Waals surface area (Å²) in [6.45, 7) is 7.17. The first kappa shape index (κ1) is 10.4. The second kappa shape index (κ2) is 4.62. The Kier molecular flexibility index (Phi) is 3.21. The highest BCUT2D eigenvalue weighted by Crippen LogP contribution is 2.19. The maximum absolute atomic E-state index is 13.5. The van der Waals surface area contributed by atoms with Gasteiger partial charge in [0, 0.05) is 26.2 Å². The van der Waals surface area contributed by atoms with Crippen molar-refractivity contribution in [2.45, 2.75) is 6.92 Å². The normalized spacial score (nSPS) is 18.1. The van der Waals surface area contributed by atoms with Gasteiger partial charge in [-0.15, -0.1) is 0 Å². The highest BCUT2D eigenvalue weighted by atomic mass is 19.1. The van der Waals surface area contributed by atoms with Crippen molar-refractivity contribution in [3.05, 3.63) is 30.1 Å². The van der Waals surface area contributed by atoms with Crippen LogP contribution in [0.5, 0.6) is 0 Å². The van der Waals surface area contributed by atoms with Crippen molar-refractivity contribution in [3.63, 3.8) is 0 Å². The molecular formula is C12H17FN2. The molecule has 1 fully saturated rings. The zero-order chi connectivity index (χ0) is 10.7. The van der Waals surface area contributed by atoms with Crippen molar-refractivity contribution in [2.24, 2.45) is 0 Å². The molecule has 82 valence electrons. The average molecular weight is 208 g/mol. The van der Waals surface area contributed by atoms with Crippen LogP contribution in [0.4, 0.5) is 10.1 Å². The summed E-state index contributed by atoms with van der Waals surface area (Å²) in [6.07, 6.45) is 0. The summed E-state index contributed by atoms with van der Waals surface area (Å²) in [4.78, 5) is 4.51. The molecule has 0 spiro atoms. The van der Waals surface area contributed by atoms with Crippen molar-refractivity contribution in [1.29, 1.82) is 0 Å². The van der Waals surface area contributed by atoms with Gasteiger partial charge in [-0.2, -0.15) is 0 Å². The number of piperazine rings is 1. The molecule has 2 rings (SSSR count). The third kappa shape index (κ3) is 2.29. The SMILES string of the molecule is CCN1CCN(c2ccccc2F)CC1. The van der Waals surface area contributed by atoms with Gasteiger partial charge >= 0.3 is 0 Å². The van der Waals surface area contributed by atoms with Gasteiger partial charge in [0.25, 0.3) is 0 Å².